The Kier molecular flexibility index (Phi) is 5.21. The molecule has 2 aromatic rings. The molecule has 1 unspecified atom stereocenters. The standard InChI is InChI=1S/C15H17ClN2O2/c1-18(10-14-6-3-7-20-14)11-15(19)17-9-12-4-2-5-13(16)8-12/h2-8H,9-11H2,1H3,(H,17,19)/p+1. The maximum Gasteiger partial charge on any atom is 0.275 e. The molecular formula is C15H18ClN2O2+. The molecule has 2 N–H and O–H groups in total. The summed E-state index contributed by atoms with van der Waals surface area (Å²) in [4.78, 5) is 12.9. The van der Waals surface area contributed by atoms with Crippen LogP contribution in [0.2, 0.25) is 5.02 Å². The molecule has 0 aliphatic rings. The molecule has 0 saturated heterocycles. The van der Waals surface area contributed by atoms with Gasteiger partial charge in [0.25, 0.3) is 5.91 Å². The second-order valence-electron chi connectivity index (χ2n) is 4.80. The van der Waals surface area contributed by atoms with E-state index in [4.69, 9.17) is 16.0 Å². The maximum absolute atomic E-state index is 11.8. The minimum absolute atomic E-state index is 0.00836. The summed E-state index contributed by atoms with van der Waals surface area (Å²) in [7, 11) is 1.96. The third-order valence-corrected chi connectivity index (χ3v) is 3.13. The zero-order chi connectivity index (χ0) is 14.4. The zero-order valence-electron chi connectivity index (χ0n) is 11.4. The smallest absolute Gasteiger partial charge is 0.275 e. The Balaban J connectivity index is 1.75. The highest BCUT2D eigenvalue weighted by atomic mass is 35.5. The number of halogens is 1. The summed E-state index contributed by atoms with van der Waals surface area (Å²) >= 11 is 5.90. The first-order valence-corrected chi connectivity index (χ1v) is 6.86. The van der Waals surface area contributed by atoms with E-state index in [1.807, 2.05) is 43.4 Å². The first-order chi connectivity index (χ1) is 9.63. The molecule has 0 saturated carbocycles. The summed E-state index contributed by atoms with van der Waals surface area (Å²) in [5.74, 6) is 0.888. The van der Waals surface area contributed by atoms with Crippen LogP contribution in [-0.2, 0) is 17.9 Å². The molecule has 2 rings (SSSR count). The molecule has 0 aliphatic carbocycles. The van der Waals surface area contributed by atoms with E-state index >= 15 is 0 Å². The van der Waals surface area contributed by atoms with Gasteiger partial charge in [0.1, 0.15) is 6.54 Å². The van der Waals surface area contributed by atoms with Crippen molar-refractivity contribution in [2.45, 2.75) is 13.1 Å². The predicted octanol–water partition coefficient (Wildman–Crippen LogP) is 1.26. The van der Waals surface area contributed by atoms with Gasteiger partial charge in [0.2, 0.25) is 0 Å². The lowest BCUT2D eigenvalue weighted by Gasteiger charge is -2.12. The molecule has 0 radical (unpaired) electrons. The normalized spacial score (nSPS) is 12.1. The summed E-state index contributed by atoms with van der Waals surface area (Å²) in [6.07, 6.45) is 1.64. The Bertz CT molecular complexity index is 555. The molecule has 4 nitrogen and oxygen atoms in total. The second kappa shape index (κ2) is 7.12. The molecule has 0 bridgehead atoms. The summed E-state index contributed by atoms with van der Waals surface area (Å²) in [5.41, 5.74) is 0.995. The van der Waals surface area contributed by atoms with Crippen molar-refractivity contribution in [2.75, 3.05) is 13.6 Å². The van der Waals surface area contributed by atoms with Crippen molar-refractivity contribution in [3.8, 4) is 0 Å². The highest BCUT2D eigenvalue weighted by molar-refractivity contribution is 6.30. The lowest BCUT2D eigenvalue weighted by molar-refractivity contribution is -0.886. The second-order valence-corrected chi connectivity index (χ2v) is 5.23. The largest absolute Gasteiger partial charge is 0.463 e. The Labute approximate surface area is 123 Å². The number of benzene rings is 1. The quantitative estimate of drug-likeness (QED) is 0.842. The van der Waals surface area contributed by atoms with Gasteiger partial charge in [-0.15, -0.1) is 0 Å². The fraction of sp³-hybridized carbons (Fsp3) is 0.267. The highest BCUT2D eigenvalue weighted by Crippen LogP contribution is 2.09. The van der Waals surface area contributed by atoms with E-state index in [-0.39, 0.29) is 5.91 Å². The molecule has 1 amide bonds. The van der Waals surface area contributed by atoms with Crippen LogP contribution in [0.3, 0.4) is 0 Å². The average molecular weight is 294 g/mol. The van der Waals surface area contributed by atoms with Crippen LogP contribution in [0.1, 0.15) is 11.3 Å². The molecule has 0 fully saturated rings. The van der Waals surface area contributed by atoms with Crippen LogP contribution in [0.5, 0.6) is 0 Å². The Morgan fingerprint density at radius 3 is 2.90 bits per heavy atom. The van der Waals surface area contributed by atoms with Crippen LogP contribution in [0.15, 0.2) is 47.1 Å². The number of rotatable bonds is 6. The molecule has 0 spiro atoms. The number of amides is 1. The molecule has 1 aromatic heterocycles. The van der Waals surface area contributed by atoms with Gasteiger partial charge in [0, 0.05) is 11.6 Å². The average Bonchev–Trinajstić information content (AvgIpc) is 2.89. The number of likely N-dealkylation sites (N-methyl/N-ethyl adjacent to an activating group) is 1. The summed E-state index contributed by atoms with van der Waals surface area (Å²) < 4.78 is 5.26. The van der Waals surface area contributed by atoms with E-state index in [1.54, 1.807) is 6.26 Å². The minimum atomic E-state index is 0.00836. The Morgan fingerprint density at radius 2 is 2.20 bits per heavy atom. The van der Waals surface area contributed by atoms with Crippen molar-refractivity contribution >= 4 is 17.5 Å². The fourth-order valence-corrected chi connectivity index (χ4v) is 2.17. The summed E-state index contributed by atoms with van der Waals surface area (Å²) in [5, 5.41) is 3.57. The van der Waals surface area contributed by atoms with Crippen molar-refractivity contribution in [1.82, 2.24) is 5.32 Å². The van der Waals surface area contributed by atoms with Gasteiger partial charge >= 0.3 is 0 Å². The van der Waals surface area contributed by atoms with Crippen LogP contribution in [-0.4, -0.2) is 19.5 Å². The SMILES string of the molecule is C[NH+](CC(=O)NCc1cccc(Cl)c1)Cc1ccco1. The third-order valence-electron chi connectivity index (χ3n) is 2.90. The number of hydrogen-bond acceptors (Lipinski definition) is 2. The van der Waals surface area contributed by atoms with Crippen LogP contribution < -0.4 is 10.2 Å². The summed E-state index contributed by atoms with van der Waals surface area (Å²) in [6, 6.07) is 11.2. The number of nitrogens with one attached hydrogen (secondary N) is 2. The Hall–Kier alpha value is -1.78. The molecule has 1 atom stereocenters. The molecule has 5 heteroatoms. The van der Waals surface area contributed by atoms with E-state index in [2.05, 4.69) is 5.32 Å². The van der Waals surface area contributed by atoms with E-state index in [0.717, 1.165) is 16.2 Å². The topological polar surface area (TPSA) is 46.7 Å². The van der Waals surface area contributed by atoms with E-state index in [0.29, 0.717) is 24.7 Å². The van der Waals surface area contributed by atoms with Crippen LogP contribution in [0.25, 0.3) is 0 Å². The Morgan fingerprint density at radius 1 is 1.35 bits per heavy atom. The number of carbonyl (C=O) groups excluding carboxylic acids is 1. The van der Waals surface area contributed by atoms with Gasteiger partial charge in [0.05, 0.1) is 13.3 Å². The van der Waals surface area contributed by atoms with Crippen molar-refractivity contribution in [3.63, 3.8) is 0 Å². The minimum Gasteiger partial charge on any atom is -0.463 e. The first kappa shape index (κ1) is 14.6. The molecule has 20 heavy (non-hydrogen) atoms. The van der Waals surface area contributed by atoms with Crippen LogP contribution >= 0.6 is 11.6 Å². The van der Waals surface area contributed by atoms with E-state index in [9.17, 15) is 4.79 Å². The van der Waals surface area contributed by atoms with Gasteiger partial charge in [-0.3, -0.25) is 4.79 Å². The van der Waals surface area contributed by atoms with Crippen LogP contribution in [0, 0.1) is 0 Å². The number of hydrogen-bond donors (Lipinski definition) is 2. The van der Waals surface area contributed by atoms with Gasteiger partial charge in [0.15, 0.2) is 12.3 Å². The van der Waals surface area contributed by atoms with Crippen molar-refractivity contribution < 1.29 is 14.1 Å². The molecular weight excluding hydrogens is 276 g/mol. The van der Waals surface area contributed by atoms with Gasteiger partial charge in [-0.1, -0.05) is 23.7 Å². The van der Waals surface area contributed by atoms with Crippen molar-refractivity contribution in [2.24, 2.45) is 0 Å². The van der Waals surface area contributed by atoms with Crippen molar-refractivity contribution in [1.29, 1.82) is 0 Å². The van der Waals surface area contributed by atoms with Crippen molar-refractivity contribution in [3.05, 3.63) is 59.0 Å². The molecule has 1 aromatic carbocycles. The van der Waals surface area contributed by atoms with Gasteiger partial charge in [-0.05, 0) is 29.8 Å². The lowest BCUT2D eigenvalue weighted by atomic mass is 10.2. The molecule has 0 aliphatic heterocycles. The first-order valence-electron chi connectivity index (χ1n) is 6.48. The molecule has 106 valence electrons. The van der Waals surface area contributed by atoms with Gasteiger partial charge < -0.3 is 14.6 Å². The molecule has 1 heterocycles. The monoisotopic (exact) mass is 293 g/mol. The summed E-state index contributed by atoms with van der Waals surface area (Å²) in [6.45, 7) is 1.59. The van der Waals surface area contributed by atoms with Gasteiger partial charge in [-0.2, -0.15) is 0 Å². The fourth-order valence-electron chi connectivity index (χ4n) is 1.96. The highest BCUT2D eigenvalue weighted by Gasteiger charge is 2.11. The van der Waals surface area contributed by atoms with E-state index < -0.39 is 0 Å². The number of furan rings is 1. The predicted molar refractivity (Wildman–Crippen MR) is 77.5 cm³/mol. The lowest BCUT2D eigenvalue weighted by Crippen LogP contribution is -3.08. The zero-order valence-corrected chi connectivity index (χ0v) is 12.1. The third kappa shape index (κ3) is 4.72. The van der Waals surface area contributed by atoms with Gasteiger partial charge in [-0.25, -0.2) is 0 Å². The maximum atomic E-state index is 11.8. The van der Waals surface area contributed by atoms with Crippen LogP contribution in [0.4, 0.5) is 0 Å². The number of quaternary nitrogens is 1. The van der Waals surface area contributed by atoms with E-state index in [1.165, 1.54) is 0 Å². The number of carbonyl (C=O) groups is 1.